The smallest absolute Gasteiger partial charge is 0.434 e. The number of thioether (sulfide) groups is 1. The minimum absolute atomic E-state index is 0.0135. The first-order chi connectivity index (χ1) is 7.90. The molecule has 1 rings (SSSR count). The highest BCUT2D eigenvalue weighted by Gasteiger charge is 2.38. The number of alkyl halides is 3. The van der Waals surface area contributed by atoms with Crippen molar-refractivity contribution in [2.75, 3.05) is 12.9 Å². The van der Waals surface area contributed by atoms with Crippen molar-refractivity contribution < 1.29 is 22.7 Å². The van der Waals surface area contributed by atoms with Gasteiger partial charge in [0.05, 0.1) is 6.61 Å². The predicted molar refractivity (Wildman–Crippen MR) is 54.8 cm³/mol. The van der Waals surface area contributed by atoms with Crippen molar-refractivity contribution in [3.8, 4) is 0 Å². The zero-order valence-electron chi connectivity index (χ0n) is 9.04. The van der Waals surface area contributed by atoms with Crippen LogP contribution in [0.1, 0.15) is 23.0 Å². The summed E-state index contributed by atoms with van der Waals surface area (Å²) in [6.07, 6.45) is -2.34. The minimum Gasteiger partial charge on any atom is -0.462 e. The molecular formula is C9H9F3N2O2S. The van der Waals surface area contributed by atoms with Gasteiger partial charge in [-0.1, -0.05) is 11.8 Å². The zero-order valence-corrected chi connectivity index (χ0v) is 9.85. The fraction of sp³-hybridized carbons (Fsp3) is 0.444. The second kappa shape index (κ2) is 5.35. The first-order valence-corrected chi connectivity index (χ1v) is 5.78. The number of halogens is 3. The molecule has 0 aliphatic heterocycles. The Morgan fingerprint density at radius 2 is 2.18 bits per heavy atom. The van der Waals surface area contributed by atoms with Gasteiger partial charge in [-0.05, 0) is 13.2 Å². The van der Waals surface area contributed by atoms with Gasteiger partial charge in [0.2, 0.25) is 0 Å². The third kappa shape index (κ3) is 3.32. The summed E-state index contributed by atoms with van der Waals surface area (Å²) in [5, 5.41) is -0.0506. The molecule has 0 bridgehead atoms. The van der Waals surface area contributed by atoms with Gasteiger partial charge in [-0.3, -0.25) is 0 Å². The molecular weight excluding hydrogens is 257 g/mol. The SMILES string of the molecule is CCOC(=O)c1cnc(SC)nc1C(F)(F)F. The fourth-order valence-corrected chi connectivity index (χ4v) is 1.38. The van der Waals surface area contributed by atoms with Gasteiger partial charge in [0.15, 0.2) is 10.9 Å². The number of carbonyl (C=O) groups excluding carboxylic acids is 1. The molecule has 0 amide bonds. The number of esters is 1. The summed E-state index contributed by atoms with van der Waals surface area (Å²) >= 11 is 0.959. The van der Waals surface area contributed by atoms with Crippen molar-refractivity contribution in [3.05, 3.63) is 17.5 Å². The van der Waals surface area contributed by atoms with Crippen LogP contribution in [-0.2, 0) is 10.9 Å². The maximum absolute atomic E-state index is 12.7. The van der Waals surface area contributed by atoms with Crippen LogP contribution in [0.15, 0.2) is 11.4 Å². The first-order valence-electron chi connectivity index (χ1n) is 4.55. The van der Waals surface area contributed by atoms with E-state index in [0.29, 0.717) is 0 Å². The van der Waals surface area contributed by atoms with Crippen molar-refractivity contribution in [3.63, 3.8) is 0 Å². The van der Waals surface area contributed by atoms with Crippen LogP contribution in [0, 0.1) is 0 Å². The molecule has 0 saturated carbocycles. The van der Waals surface area contributed by atoms with E-state index in [9.17, 15) is 18.0 Å². The van der Waals surface area contributed by atoms with E-state index in [0.717, 1.165) is 18.0 Å². The van der Waals surface area contributed by atoms with Crippen LogP contribution in [0.5, 0.6) is 0 Å². The summed E-state index contributed by atoms with van der Waals surface area (Å²) in [6, 6.07) is 0. The van der Waals surface area contributed by atoms with E-state index in [4.69, 9.17) is 0 Å². The van der Waals surface area contributed by atoms with Crippen molar-refractivity contribution in [2.45, 2.75) is 18.3 Å². The van der Waals surface area contributed by atoms with Gasteiger partial charge in [-0.15, -0.1) is 0 Å². The van der Waals surface area contributed by atoms with Crippen LogP contribution in [0.3, 0.4) is 0 Å². The third-order valence-electron chi connectivity index (χ3n) is 1.71. The highest BCUT2D eigenvalue weighted by molar-refractivity contribution is 7.98. The Morgan fingerprint density at radius 3 is 2.65 bits per heavy atom. The largest absolute Gasteiger partial charge is 0.462 e. The van der Waals surface area contributed by atoms with Crippen molar-refractivity contribution >= 4 is 17.7 Å². The Morgan fingerprint density at radius 1 is 1.53 bits per heavy atom. The molecule has 0 aromatic carbocycles. The highest BCUT2D eigenvalue weighted by Crippen LogP contribution is 2.31. The maximum atomic E-state index is 12.7. The Kier molecular flexibility index (Phi) is 4.33. The summed E-state index contributed by atoms with van der Waals surface area (Å²) in [5.74, 6) is -1.08. The number of rotatable bonds is 3. The first kappa shape index (κ1) is 13.8. The van der Waals surface area contributed by atoms with Gasteiger partial charge < -0.3 is 4.74 Å². The van der Waals surface area contributed by atoms with Crippen molar-refractivity contribution in [1.82, 2.24) is 9.97 Å². The van der Waals surface area contributed by atoms with Crippen molar-refractivity contribution in [1.29, 1.82) is 0 Å². The van der Waals surface area contributed by atoms with Crippen LogP contribution >= 0.6 is 11.8 Å². The van der Waals surface area contributed by atoms with Gasteiger partial charge in [0.1, 0.15) is 5.56 Å². The molecule has 17 heavy (non-hydrogen) atoms. The molecule has 1 aromatic rings. The van der Waals surface area contributed by atoms with Crippen LogP contribution in [0.25, 0.3) is 0 Å². The van der Waals surface area contributed by atoms with Crippen molar-refractivity contribution in [2.24, 2.45) is 0 Å². The summed E-state index contributed by atoms with van der Waals surface area (Å²) in [4.78, 5) is 18.2. The van der Waals surface area contributed by atoms with E-state index in [1.165, 1.54) is 6.92 Å². The molecule has 0 aliphatic carbocycles. The molecule has 0 atom stereocenters. The zero-order chi connectivity index (χ0) is 13.1. The van der Waals surface area contributed by atoms with Gasteiger partial charge in [0.25, 0.3) is 0 Å². The number of nitrogens with zero attached hydrogens (tertiary/aromatic N) is 2. The molecule has 0 N–H and O–H groups in total. The van der Waals surface area contributed by atoms with E-state index in [-0.39, 0.29) is 11.8 Å². The average molecular weight is 266 g/mol. The molecule has 0 unspecified atom stereocenters. The maximum Gasteiger partial charge on any atom is 0.434 e. The highest BCUT2D eigenvalue weighted by atomic mass is 32.2. The molecule has 1 aromatic heterocycles. The number of hydrogen-bond donors (Lipinski definition) is 0. The average Bonchev–Trinajstić information content (AvgIpc) is 2.27. The van der Waals surface area contributed by atoms with E-state index in [1.54, 1.807) is 6.26 Å². The van der Waals surface area contributed by atoms with Gasteiger partial charge in [0, 0.05) is 6.20 Å². The molecule has 0 saturated heterocycles. The van der Waals surface area contributed by atoms with Gasteiger partial charge in [-0.2, -0.15) is 13.2 Å². The van der Waals surface area contributed by atoms with Crippen LogP contribution < -0.4 is 0 Å². The molecule has 0 aliphatic rings. The van der Waals surface area contributed by atoms with E-state index in [2.05, 4.69) is 14.7 Å². The molecule has 1 heterocycles. The topological polar surface area (TPSA) is 52.1 Å². The van der Waals surface area contributed by atoms with E-state index >= 15 is 0 Å². The number of ether oxygens (including phenoxy) is 1. The lowest BCUT2D eigenvalue weighted by molar-refractivity contribution is -0.142. The summed E-state index contributed by atoms with van der Waals surface area (Å²) < 4.78 is 42.5. The Hall–Kier alpha value is -1.31. The second-order valence-electron chi connectivity index (χ2n) is 2.84. The van der Waals surface area contributed by atoms with E-state index < -0.39 is 23.4 Å². The van der Waals surface area contributed by atoms with E-state index in [1.807, 2.05) is 0 Å². The summed E-state index contributed by atoms with van der Waals surface area (Å²) in [5.41, 5.74) is -1.94. The Bertz CT molecular complexity index is 423. The number of aromatic nitrogens is 2. The second-order valence-corrected chi connectivity index (χ2v) is 3.61. The standard InChI is InChI=1S/C9H9F3N2O2S/c1-3-16-7(15)5-4-13-8(17-2)14-6(5)9(10,11)12/h4H,3H2,1-2H3. The fourth-order valence-electron chi connectivity index (χ4n) is 1.04. The Balaban J connectivity index is 3.25. The quantitative estimate of drug-likeness (QED) is 0.477. The predicted octanol–water partition coefficient (Wildman–Crippen LogP) is 2.39. The molecule has 0 fully saturated rings. The Labute approximate surface area is 99.6 Å². The summed E-state index contributed by atoms with van der Waals surface area (Å²) in [7, 11) is 0. The van der Waals surface area contributed by atoms with Crippen LogP contribution in [0.2, 0.25) is 0 Å². The third-order valence-corrected chi connectivity index (χ3v) is 2.27. The normalized spacial score (nSPS) is 11.4. The molecule has 0 radical (unpaired) electrons. The minimum atomic E-state index is -4.71. The molecule has 8 heteroatoms. The summed E-state index contributed by atoms with van der Waals surface area (Å²) in [6.45, 7) is 1.49. The van der Waals surface area contributed by atoms with Crippen LogP contribution in [0.4, 0.5) is 13.2 Å². The molecule has 0 spiro atoms. The lowest BCUT2D eigenvalue weighted by atomic mass is 10.2. The molecule has 94 valence electrons. The lowest BCUT2D eigenvalue weighted by Crippen LogP contribution is -2.18. The number of carbonyl (C=O) groups is 1. The monoisotopic (exact) mass is 266 g/mol. The number of hydrogen-bond acceptors (Lipinski definition) is 5. The lowest BCUT2D eigenvalue weighted by Gasteiger charge is -2.11. The van der Waals surface area contributed by atoms with Crippen LogP contribution in [-0.4, -0.2) is 28.8 Å². The van der Waals surface area contributed by atoms with Gasteiger partial charge in [-0.25, -0.2) is 14.8 Å². The van der Waals surface area contributed by atoms with Gasteiger partial charge >= 0.3 is 12.1 Å². The molecule has 4 nitrogen and oxygen atoms in total.